The lowest BCUT2D eigenvalue weighted by atomic mass is 9.92. The zero-order chi connectivity index (χ0) is 21.7. The minimum atomic E-state index is -3.12. The molecule has 1 N–H and O–H groups in total. The lowest BCUT2D eigenvalue weighted by molar-refractivity contribution is -0.00708. The highest BCUT2D eigenvalue weighted by Crippen LogP contribution is 2.36. The first-order chi connectivity index (χ1) is 13.5. The Hall–Kier alpha value is -2.09. The van der Waals surface area contributed by atoms with Crippen LogP contribution in [0.15, 0.2) is 47.2 Å². The van der Waals surface area contributed by atoms with Crippen molar-refractivity contribution in [2.75, 3.05) is 18.8 Å². The maximum atomic E-state index is 14.4. The van der Waals surface area contributed by atoms with Crippen molar-refractivity contribution in [1.29, 1.82) is 0 Å². The van der Waals surface area contributed by atoms with Crippen LogP contribution in [0.2, 0.25) is 0 Å². The van der Waals surface area contributed by atoms with Gasteiger partial charge in [0.1, 0.15) is 10.8 Å². The number of nitrogens with zero attached hydrogens (tertiary/aromatic N) is 1. The minimum absolute atomic E-state index is 0.0477. The monoisotopic (exact) mass is 429 g/mol. The number of alkyl halides is 2. The fourth-order valence-corrected chi connectivity index (χ4v) is 3.86. The Kier molecular flexibility index (Phi) is 7.68. The lowest BCUT2D eigenvalue weighted by Gasteiger charge is -2.32. The molecule has 0 fully saturated rings. The predicted molar refractivity (Wildman–Crippen MR) is 108 cm³/mol. The Morgan fingerprint density at radius 1 is 1.21 bits per heavy atom. The molecule has 0 spiro atoms. The molecular formula is C21H26F3NO3S. The topological polar surface area (TPSA) is 49.8 Å². The molecule has 2 rings (SSSR count). The smallest absolute Gasteiger partial charge is 0.449 e. The summed E-state index contributed by atoms with van der Waals surface area (Å²) in [6.45, 7) is 7.50. The van der Waals surface area contributed by atoms with E-state index in [1.807, 2.05) is 4.90 Å². The van der Waals surface area contributed by atoms with Gasteiger partial charge in [-0.05, 0) is 30.0 Å². The number of ether oxygens (including phenoxy) is 1. The fraction of sp³-hybridized carbons (Fsp3) is 0.476. The second kappa shape index (κ2) is 9.61. The maximum absolute atomic E-state index is 14.4. The van der Waals surface area contributed by atoms with E-state index in [-0.39, 0.29) is 22.5 Å². The zero-order valence-corrected chi connectivity index (χ0v) is 17.6. The Morgan fingerprint density at radius 3 is 2.45 bits per heavy atom. The van der Waals surface area contributed by atoms with E-state index < -0.39 is 24.3 Å². The molecule has 0 saturated heterocycles. The van der Waals surface area contributed by atoms with Gasteiger partial charge in [-0.3, -0.25) is 0 Å². The third-order valence-electron chi connectivity index (χ3n) is 4.34. The van der Waals surface area contributed by atoms with Crippen LogP contribution in [-0.4, -0.2) is 35.0 Å². The molecule has 0 aromatic heterocycles. The number of benzene rings is 1. The van der Waals surface area contributed by atoms with Crippen molar-refractivity contribution in [3.05, 3.63) is 58.6 Å². The largest absolute Gasteiger partial charge is 0.511 e. The molecule has 1 heterocycles. The first-order valence-corrected chi connectivity index (χ1v) is 10.3. The molecule has 1 aliphatic rings. The molecule has 1 aromatic carbocycles. The molecule has 0 unspecified atom stereocenters. The van der Waals surface area contributed by atoms with Crippen LogP contribution in [0.4, 0.5) is 18.0 Å². The van der Waals surface area contributed by atoms with Crippen molar-refractivity contribution in [3.8, 4) is 0 Å². The summed E-state index contributed by atoms with van der Waals surface area (Å²) in [7, 11) is 0. The van der Waals surface area contributed by atoms with Crippen LogP contribution >= 0.6 is 11.8 Å². The van der Waals surface area contributed by atoms with Crippen LogP contribution < -0.4 is 0 Å². The lowest BCUT2D eigenvalue weighted by Crippen LogP contribution is -2.30. The summed E-state index contributed by atoms with van der Waals surface area (Å²) in [6, 6.07) is 4.18. The first-order valence-electron chi connectivity index (χ1n) is 9.31. The molecule has 0 saturated carbocycles. The van der Waals surface area contributed by atoms with E-state index in [0.717, 1.165) is 42.4 Å². The van der Waals surface area contributed by atoms with Crippen LogP contribution in [0.1, 0.15) is 39.2 Å². The van der Waals surface area contributed by atoms with Gasteiger partial charge in [-0.15, -0.1) is 11.8 Å². The fourth-order valence-electron chi connectivity index (χ4n) is 2.71. The Morgan fingerprint density at radius 2 is 1.86 bits per heavy atom. The molecule has 0 amide bonds. The van der Waals surface area contributed by atoms with Crippen molar-refractivity contribution in [3.63, 3.8) is 0 Å². The SMILES string of the molecule is CC(C)(C)CCN1CC=CC(OC(=O)O)=C1SCCC(F)(F)c1ccc(F)cc1. The quantitative estimate of drug-likeness (QED) is 0.498. The molecule has 0 radical (unpaired) electrons. The molecule has 4 nitrogen and oxygen atoms in total. The zero-order valence-electron chi connectivity index (χ0n) is 16.8. The molecule has 0 atom stereocenters. The molecule has 160 valence electrons. The van der Waals surface area contributed by atoms with Crippen molar-refractivity contribution in [2.45, 2.75) is 39.5 Å². The number of carbonyl (C=O) groups is 1. The number of rotatable bonds is 8. The first kappa shape index (κ1) is 23.2. The molecule has 1 aromatic rings. The number of carboxylic acid groups (broad SMARTS) is 1. The predicted octanol–water partition coefficient (Wildman–Crippen LogP) is 6.21. The molecular weight excluding hydrogens is 403 g/mol. The van der Waals surface area contributed by atoms with Gasteiger partial charge in [-0.2, -0.15) is 0 Å². The summed E-state index contributed by atoms with van der Waals surface area (Å²) in [4.78, 5) is 13.0. The maximum Gasteiger partial charge on any atom is 0.511 e. The van der Waals surface area contributed by atoms with Crippen LogP contribution in [-0.2, 0) is 10.7 Å². The van der Waals surface area contributed by atoms with E-state index in [0.29, 0.717) is 18.1 Å². The molecule has 8 heteroatoms. The van der Waals surface area contributed by atoms with Crippen molar-refractivity contribution >= 4 is 17.9 Å². The second-order valence-electron chi connectivity index (χ2n) is 8.01. The van der Waals surface area contributed by atoms with E-state index in [1.54, 1.807) is 12.2 Å². The average Bonchev–Trinajstić information content (AvgIpc) is 2.60. The summed E-state index contributed by atoms with van der Waals surface area (Å²) in [5, 5.41) is 9.52. The van der Waals surface area contributed by atoms with E-state index in [4.69, 9.17) is 9.84 Å². The van der Waals surface area contributed by atoms with Crippen LogP contribution in [0.5, 0.6) is 0 Å². The van der Waals surface area contributed by atoms with E-state index >= 15 is 0 Å². The summed E-state index contributed by atoms with van der Waals surface area (Å²) in [5.74, 6) is -3.49. The number of thioether (sulfide) groups is 1. The normalized spacial score (nSPS) is 15.0. The minimum Gasteiger partial charge on any atom is -0.449 e. The summed E-state index contributed by atoms with van der Waals surface area (Å²) < 4.78 is 46.7. The van der Waals surface area contributed by atoms with Crippen molar-refractivity contribution in [2.24, 2.45) is 5.41 Å². The third-order valence-corrected chi connectivity index (χ3v) is 5.48. The Bertz CT molecular complexity index is 770. The van der Waals surface area contributed by atoms with Crippen LogP contribution in [0.25, 0.3) is 0 Å². The molecule has 1 aliphatic heterocycles. The van der Waals surface area contributed by atoms with Gasteiger partial charge in [0.15, 0.2) is 5.76 Å². The standard InChI is InChI=1S/C21H26F3NO3S/c1-20(2,3)10-13-25-12-4-5-17(28-19(26)27)18(25)29-14-11-21(23,24)15-6-8-16(22)9-7-15/h4-9H,10-14H2,1-3H3,(H,26,27). The van der Waals surface area contributed by atoms with Gasteiger partial charge in [-0.25, -0.2) is 18.0 Å². The highest BCUT2D eigenvalue weighted by molar-refractivity contribution is 8.03. The third kappa shape index (κ3) is 7.34. The second-order valence-corrected chi connectivity index (χ2v) is 9.09. The highest BCUT2D eigenvalue weighted by Gasteiger charge is 2.32. The number of halogens is 3. The molecule has 0 bridgehead atoms. The number of allylic oxidation sites excluding steroid dienone is 1. The van der Waals surface area contributed by atoms with Crippen LogP contribution in [0, 0.1) is 11.2 Å². The summed E-state index contributed by atoms with van der Waals surface area (Å²) in [5.41, 5.74) is -0.177. The van der Waals surface area contributed by atoms with Gasteiger partial charge >= 0.3 is 6.16 Å². The van der Waals surface area contributed by atoms with Crippen molar-refractivity contribution < 1.29 is 27.8 Å². The highest BCUT2D eigenvalue weighted by atomic mass is 32.2. The summed E-state index contributed by atoms with van der Waals surface area (Å²) in [6.07, 6.45) is 2.28. The van der Waals surface area contributed by atoms with E-state index in [2.05, 4.69) is 20.8 Å². The van der Waals surface area contributed by atoms with E-state index in [1.165, 1.54) is 0 Å². The van der Waals surface area contributed by atoms with Gasteiger partial charge in [-0.1, -0.05) is 39.0 Å². The average molecular weight is 430 g/mol. The summed E-state index contributed by atoms with van der Waals surface area (Å²) >= 11 is 1.14. The van der Waals surface area contributed by atoms with Crippen molar-refractivity contribution in [1.82, 2.24) is 4.90 Å². The van der Waals surface area contributed by atoms with E-state index in [9.17, 15) is 18.0 Å². The van der Waals surface area contributed by atoms with Gasteiger partial charge < -0.3 is 14.7 Å². The number of hydrogen-bond donors (Lipinski definition) is 1. The van der Waals surface area contributed by atoms with Gasteiger partial charge in [0.2, 0.25) is 0 Å². The number of hydrogen-bond acceptors (Lipinski definition) is 4. The molecule has 0 aliphatic carbocycles. The van der Waals surface area contributed by atoms with Crippen LogP contribution in [0.3, 0.4) is 0 Å². The molecule has 29 heavy (non-hydrogen) atoms. The Labute approximate surface area is 173 Å². The van der Waals surface area contributed by atoms with Gasteiger partial charge in [0, 0.05) is 30.8 Å². The van der Waals surface area contributed by atoms with Gasteiger partial charge in [0.05, 0.1) is 0 Å². The van der Waals surface area contributed by atoms with Gasteiger partial charge in [0.25, 0.3) is 5.92 Å². The Balaban J connectivity index is 2.10.